The number of carbonyl (C=O) groups excluding carboxylic acids is 2. The molecule has 0 spiro atoms. The largest absolute Gasteiger partial charge is 0.352 e. The molecule has 32 heavy (non-hydrogen) atoms. The number of aryl methyl sites for hydroxylation is 1. The van der Waals surface area contributed by atoms with Crippen molar-refractivity contribution in [1.82, 2.24) is 0 Å². The Bertz CT molecular complexity index is 1390. The molecule has 2 aromatic rings. The fraction of sp³-hybridized carbons (Fsp3) is 0.0833. The number of ketones is 2. The third kappa shape index (κ3) is 4.26. The number of fused-ring (bicyclic) bond motifs is 1. The second-order valence-electron chi connectivity index (χ2n) is 7.29. The Balaban J connectivity index is 1.62. The maximum absolute atomic E-state index is 12.6. The van der Waals surface area contributed by atoms with Crippen LogP contribution in [0.4, 0.5) is 0 Å². The molecule has 0 unspecified atom stereocenters. The molecule has 0 radical (unpaired) electrons. The maximum Gasteiger partial charge on any atom is 0.282 e. The van der Waals surface area contributed by atoms with E-state index in [2.05, 4.69) is 9.55 Å². The summed E-state index contributed by atoms with van der Waals surface area (Å²) in [5.41, 5.74) is 2.43. The summed E-state index contributed by atoms with van der Waals surface area (Å²) in [7, 11) is -3.99. The van der Waals surface area contributed by atoms with Crippen molar-refractivity contribution >= 4 is 39.1 Å². The molecule has 8 heteroatoms. The van der Waals surface area contributed by atoms with Crippen LogP contribution in [0.5, 0.6) is 0 Å². The van der Waals surface area contributed by atoms with Gasteiger partial charge in [0.15, 0.2) is 5.71 Å². The zero-order chi connectivity index (χ0) is 22.9. The van der Waals surface area contributed by atoms with E-state index in [1.807, 2.05) is 13.0 Å². The van der Waals surface area contributed by atoms with Crippen molar-refractivity contribution in [2.75, 3.05) is 0 Å². The number of Topliss-reactive ketones (excluding diaryl/α,β-unsaturated/α-hetero) is 2. The molecule has 7 nitrogen and oxygen atoms in total. The third-order valence-electron chi connectivity index (χ3n) is 4.87. The van der Waals surface area contributed by atoms with Crippen molar-refractivity contribution in [3.8, 4) is 0 Å². The molecule has 0 aromatic heterocycles. The minimum atomic E-state index is -3.99. The molecule has 0 saturated carbocycles. The van der Waals surface area contributed by atoms with Gasteiger partial charge in [0.05, 0.1) is 10.6 Å². The number of rotatable bonds is 4. The van der Waals surface area contributed by atoms with E-state index in [1.54, 1.807) is 36.4 Å². The van der Waals surface area contributed by atoms with Gasteiger partial charge in [-0.05, 0) is 43.7 Å². The summed E-state index contributed by atoms with van der Waals surface area (Å²) >= 11 is 0. The van der Waals surface area contributed by atoms with E-state index in [9.17, 15) is 18.0 Å². The lowest BCUT2D eigenvalue weighted by Crippen LogP contribution is -2.19. The Kier molecular flexibility index (Phi) is 5.54. The van der Waals surface area contributed by atoms with Gasteiger partial charge in [-0.1, -0.05) is 53.2 Å². The second kappa shape index (κ2) is 8.32. The lowest BCUT2D eigenvalue weighted by Gasteiger charge is -2.13. The lowest BCUT2D eigenvalue weighted by atomic mass is 9.95. The van der Waals surface area contributed by atoms with Crippen LogP contribution in [0, 0.1) is 6.92 Å². The molecule has 0 saturated heterocycles. The first-order valence-electron chi connectivity index (χ1n) is 9.68. The number of sulfonamides is 1. The van der Waals surface area contributed by atoms with Gasteiger partial charge in [0, 0.05) is 17.2 Å². The van der Waals surface area contributed by atoms with Gasteiger partial charge in [0.25, 0.3) is 10.0 Å². The van der Waals surface area contributed by atoms with E-state index in [0.29, 0.717) is 5.56 Å². The molecule has 0 fully saturated rings. The second-order valence-corrected chi connectivity index (χ2v) is 8.89. The van der Waals surface area contributed by atoms with E-state index >= 15 is 0 Å². The molecule has 160 valence electrons. The van der Waals surface area contributed by atoms with Gasteiger partial charge < -0.3 is 4.84 Å². The molecule has 0 bridgehead atoms. The predicted molar refractivity (Wildman–Crippen MR) is 121 cm³/mol. The van der Waals surface area contributed by atoms with Gasteiger partial charge in [-0.2, -0.15) is 12.8 Å². The van der Waals surface area contributed by atoms with E-state index < -0.39 is 15.8 Å². The van der Waals surface area contributed by atoms with Crippen molar-refractivity contribution in [2.24, 2.45) is 9.55 Å². The summed E-state index contributed by atoms with van der Waals surface area (Å²) < 4.78 is 29.1. The van der Waals surface area contributed by atoms with Crippen LogP contribution in [-0.4, -0.2) is 31.4 Å². The predicted octanol–water partition coefficient (Wildman–Crippen LogP) is 3.82. The first-order chi connectivity index (χ1) is 15.2. The average Bonchev–Trinajstić information content (AvgIpc) is 2.76. The number of oxime groups is 1. The molecule has 0 atom stereocenters. The van der Waals surface area contributed by atoms with Crippen LogP contribution in [0.3, 0.4) is 0 Å². The van der Waals surface area contributed by atoms with Crippen molar-refractivity contribution in [1.29, 1.82) is 0 Å². The Morgan fingerprint density at radius 1 is 0.844 bits per heavy atom. The fourth-order valence-electron chi connectivity index (χ4n) is 3.15. The molecule has 2 aromatic carbocycles. The van der Waals surface area contributed by atoms with Gasteiger partial charge in [-0.3, -0.25) is 9.59 Å². The smallest absolute Gasteiger partial charge is 0.282 e. The molecule has 0 amide bonds. The third-order valence-corrected chi connectivity index (χ3v) is 6.19. The number of carbonyl (C=O) groups is 2. The molecule has 2 aliphatic carbocycles. The molecule has 0 heterocycles. The van der Waals surface area contributed by atoms with E-state index in [1.165, 1.54) is 37.3 Å². The van der Waals surface area contributed by atoms with E-state index in [4.69, 9.17) is 4.84 Å². The SMILES string of the molecule is CC1=CC(=NS(=O)(=O)c2ccc(C)cc2)C=C(ON=C2C=Cc3ccccc3C2=O)C1=O. The highest BCUT2D eigenvalue weighted by molar-refractivity contribution is 7.90. The summed E-state index contributed by atoms with van der Waals surface area (Å²) in [4.78, 5) is 30.3. The normalized spacial score (nSPS) is 18.4. The maximum atomic E-state index is 12.6. The van der Waals surface area contributed by atoms with Crippen LogP contribution in [-0.2, 0) is 19.7 Å². The number of hydrogen-bond acceptors (Lipinski definition) is 6. The summed E-state index contributed by atoms with van der Waals surface area (Å²) in [5.74, 6) is -1.04. The molecule has 0 N–H and O–H groups in total. The van der Waals surface area contributed by atoms with Crippen molar-refractivity contribution in [3.05, 3.63) is 94.8 Å². The highest BCUT2D eigenvalue weighted by Gasteiger charge is 2.24. The Morgan fingerprint density at radius 2 is 1.56 bits per heavy atom. The number of hydrogen-bond donors (Lipinski definition) is 0. The minimum Gasteiger partial charge on any atom is -0.352 e. The van der Waals surface area contributed by atoms with Crippen LogP contribution in [0.2, 0.25) is 0 Å². The van der Waals surface area contributed by atoms with Crippen LogP contribution < -0.4 is 0 Å². The average molecular weight is 446 g/mol. The molecular weight excluding hydrogens is 428 g/mol. The van der Waals surface area contributed by atoms with Gasteiger partial charge in [0.2, 0.25) is 17.3 Å². The van der Waals surface area contributed by atoms with Crippen molar-refractivity contribution < 1.29 is 22.8 Å². The zero-order valence-electron chi connectivity index (χ0n) is 17.3. The highest BCUT2D eigenvalue weighted by atomic mass is 32.2. The van der Waals surface area contributed by atoms with Crippen molar-refractivity contribution in [3.63, 3.8) is 0 Å². The monoisotopic (exact) mass is 446 g/mol. The summed E-state index contributed by atoms with van der Waals surface area (Å²) in [5, 5.41) is 3.83. The van der Waals surface area contributed by atoms with Gasteiger partial charge in [-0.15, -0.1) is 0 Å². The van der Waals surface area contributed by atoms with Gasteiger partial charge >= 0.3 is 0 Å². The molecule has 2 aliphatic rings. The van der Waals surface area contributed by atoms with Crippen LogP contribution in [0.25, 0.3) is 6.08 Å². The molecule has 4 rings (SSSR count). The topological polar surface area (TPSA) is 102 Å². The first-order valence-corrected chi connectivity index (χ1v) is 11.1. The van der Waals surface area contributed by atoms with Gasteiger partial charge in [-0.25, -0.2) is 0 Å². The summed E-state index contributed by atoms with van der Waals surface area (Å²) in [6.45, 7) is 3.36. The van der Waals surface area contributed by atoms with Crippen LogP contribution in [0.1, 0.15) is 28.4 Å². The first kappa shape index (κ1) is 21.3. The number of allylic oxidation sites excluding steroid dienone is 4. The summed E-state index contributed by atoms with van der Waals surface area (Å²) in [6.07, 6.45) is 5.77. The van der Waals surface area contributed by atoms with Gasteiger partial charge in [0.1, 0.15) is 0 Å². The zero-order valence-corrected chi connectivity index (χ0v) is 18.1. The minimum absolute atomic E-state index is 0.0220. The van der Waals surface area contributed by atoms with E-state index in [0.717, 1.165) is 11.1 Å². The number of benzene rings is 2. The molecule has 0 aliphatic heterocycles. The van der Waals surface area contributed by atoms with Crippen LogP contribution >= 0.6 is 0 Å². The molecular formula is C24H18N2O5S. The number of nitrogens with zero attached hydrogens (tertiary/aromatic N) is 2. The Hall–Kier alpha value is -3.91. The van der Waals surface area contributed by atoms with Crippen molar-refractivity contribution in [2.45, 2.75) is 18.7 Å². The Labute approximate surface area is 185 Å². The van der Waals surface area contributed by atoms with E-state index in [-0.39, 0.29) is 33.4 Å². The van der Waals surface area contributed by atoms with Crippen LogP contribution in [0.15, 0.2) is 92.5 Å². The quantitative estimate of drug-likeness (QED) is 0.525. The standard InChI is InChI=1S/C24H18N2O5S/c1-15-7-10-19(11-8-15)32(29,30)26-18-13-16(2)23(27)22(14-18)31-25-21-12-9-17-5-3-4-6-20(17)24(21)28/h3-14H,1-2H3. The summed E-state index contributed by atoms with van der Waals surface area (Å²) in [6, 6.07) is 13.3. The fourth-order valence-corrected chi connectivity index (χ4v) is 4.12. The lowest BCUT2D eigenvalue weighted by molar-refractivity contribution is -0.115. The highest BCUT2D eigenvalue weighted by Crippen LogP contribution is 2.21. The Morgan fingerprint density at radius 3 is 2.31 bits per heavy atom.